The molecule has 0 spiro atoms. The molecule has 0 aliphatic rings. The number of nitrogens with zero attached hydrogens (tertiary/aromatic N) is 1. The number of ether oxygens (including phenoxy) is 2. The molecular weight excluding hydrogens is 320 g/mol. The highest BCUT2D eigenvalue weighted by atomic mass is 35.5. The van der Waals surface area contributed by atoms with Gasteiger partial charge in [0.15, 0.2) is 0 Å². The first-order valence-electron chi connectivity index (χ1n) is 6.70. The van der Waals surface area contributed by atoms with E-state index < -0.39 is 5.97 Å². The summed E-state index contributed by atoms with van der Waals surface area (Å²) in [4.78, 5) is 27.4. The molecule has 23 heavy (non-hydrogen) atoms. The number of pyridine rings is 1. The van der Waals surface area contributed by atoms with Crippen molar-refractivity contribution in [2.75, 3.05) is 20.3 Å². The van der Waals surface area contributed by atoms with Crippen LogP contribution < -0.4 is 10.1 Å². The Morgan fingerprint density at radius 2 is 1.96 bits per heavy atom. The number of esters is 1. The van der Waals surface area contributed by atoms with E-state index in [-0.39, 0.29) is 31.5 Å². The number of aromatic nitrogens is 1. The molecular formula is C16H17ClN2O4. The number of hydrogen-bond acceptors (Lipinski definition) is 5. The number of hydrogen-bond donors (Lipinski definition) is 1. The summed E-state index contributed by atoms with van der Waals surface area (Å²) < 4.78 is 10.1. The minimum Gasteiger partial charge on any atom is -0.497 e. The molecule has 0 unspecified atom stereocenters. The van der Waals surface area contributed by atoms with Crippen LogP contribution in [0, 0.1) is 0 Å². The average Bonchev–Trinajstić information content (AvgIpc) is 2.59. The van der Waals surface area contributed by atoms with Crippen LogP contribution in [0.25, 0.3) is 0 Å². The molecule has 1 aromatic carbocycles. The van der Waals surface area contributed by atoms with E-state index in [1.54, 1.807) is 42.6 Å². The zero-order valence-corrected chi connectivity index (χ0v) is 13.3. The molecule has 1 aromatic heterocycles. The van der Waals surface area contributed by atoms with E-state index in [4.69, 9.17) is 9.47 Å². The molecule has 2 rings (SSSR count). The minimum absolute atomic E-state index is 0. The van der Waals surface area contributed by atoms with E-state index >= 15 is 0 Å². The number of amides is 1. The second-order valence-electron chi connectivity index (χ2n) is 4.37. The van der Waals surface area contributed by atoms with Crippen LogP contribution in [0.5, 0.6) is 5.75 Å². The van der Waals surface area contributed by atoms with Crippen molar-refractivity contribution in [3.63, 3.8) is 0 Å². The molecule has 0 fully saturated rings. The monoisotopic (exact) mass is 336 g/mol. The molecule has 6 nitrogen and oxygen atoms in total. The Morgan fingerprint density at radius 1 is 1.17 bits per heavy atom. The summed E-state index contributed by atoms with van der Waals surface area (Å²) in [5.74, 6) is -0.139. The maximum Gasteiger partial charge on any atom is 0.338 e. The van der Waals surface area contributed by atoms with Gasteiger partial charge in [-0.15, -0.1) is 12.4 Å². The predicted octanol–water partition coefficient (Wildman–Crippen LogP) is 2.10. The zero-order valence-electron chi connectivity index (χ0n) is 12.5. The van der Waals surface area contributed by atoms with Gasteiger partial charge in [-0.25, -0.2) is 4.79 Å². The van der Waals surface area contributed by atoms with E-state index in [1.165, 1.54) is 13.3 Å². The number of rotatable bonds is 6. The maximum atomic E-state index is 11.8. The number of benzene rings is 1. The summed E-state index contributed by atoms with van der Waals surface area (Å²) in [5, 5.41) is 2.65. The predicted molar refractivity (Wildman–Crippen MR) is 87.1 cm³/mol. The Kier molecular flexibility index (Phi) is 7.56. The molecule has 7 heteroatoms. The standard InChI is InChI=1S/C16H16N2O4.ClH/c1-21-14-6-2-4-12(10-14)16(20)22-9-8-18-15(19)13-5-3-7-17-11-13;/h2-7,10-11H,8-9H2,1H3,(H,18,19);1H. The lowest BCUT2D eigenvalue weighted by atomic mass is 10.2. The second kappa shape index (κ2) is 9.42. The van der Waals surface area contributed by atoms with Crippen molar-refractivity contribution in [1.29, 1.82) is 0 Å². The third-order valence-electron chi connectivity index (χ3n) is 2.85. The van der Waals surface area contributed by atoms with Gasteiger partial charge >= 0.3 is 5.97 Å². The topological polar surface area (TPSA) is 77.5 Å². The molecule has 0 atom stereocenters. The quantitative estimate of drug-likeness (QED) is 0.645. The fourth-order valence-electron chi connectivity index (χ4n) is 1.74. The molecule has 0 saturated heterocycles. The van der Waals surface area contributed by atoms with Crippen LogP contribution >= 0.6 is 12.4 Å². The zero-order chi connectivity index (χ0) is 15.8. The first-order valence-corrected chi connectivity index (χ1v) is 6.70. The molecule has 0 saturated carbocycles. The molecule has 122 valence electrons. The van der Waals surface area contributed by atoms with Gasteiger partial charge in [-0.1, -0.05) is 6.07 Å². The maximum absolute atomic E-state index is 11.8. The Labute approximate surface area is 140 Å². The van der Waals surface area contributed by atoms with Crippen molar-refractivity contribution >= 4 is 24.3 Å². The van der Waals surface area contributed by atoms with Crippen molar-refractivity contribution in [1.82, 2.24) is 10.3 Å². The molecule has 0 bridgehead atoms. The number of nitrogens with one attached hydrogen (secondary N) is 1. The van der Waals surface area contributed by atoms with Gasteiger partial charge in [-0.2, -0.15) is 0 Å². The third-order valence-corrected chi connectivity index (χ3v) is 2.85. The summed E-state index contributed by atoms with van der Waals surface area (Å²) in [6, 6.07) is 10.0. The first kappa shape index (κ1) is 18.4. The molecule has 2 aromatic rings. The third kappa shape index (κ3) is 5.60. The van der Waals surface area contributed by atoms with Crippen molar-refractivity contribution in [3.05, 3.63) is 59.9 Å². The highest BCUT2D eigenvalue weighted by Gasteiger charge is 2.09. The summed E-state index contributed by atoms with van der Waals surface area (Å²) in [6.45, 7) is 0.311. The lowest BCUT2D eigenvalue weighted by molar-refractivity contribution is 0.0503. The fourth-order valence-corrected chi connectivity index (χ4v) is 1.74. The normalized spacial score (nSPS) is 9.43. The molecule has 1 amide bonds. The van der Waals surface area contributed by atoms with Crippen LogP contribution in [0.15, 0.2) is 48.8 Å². The molecule has 1 heterocycles. The largest absolute Gasteiger partial charge is 0.497 e. The highest BCUT2D eigenvalue weighted by molar-refractivity contribution is 5.93. The van der Waals surface area contributed by atoms with E-state index in [9.17, 15) is 9.59 Å². The molecule has 1 N–H and O–H groups in total. The number of halogens is 1. The highest BCUT2D eigenvalue weighted by Crippen LogP contribution is 2.13. The van der Waals surface area contributed by atoms with Gasteiger partial charge in [0.05, 0.1) is 24.8 Å². The Bertz CT molecular complexity index is 650. The van der Waals surface area contributed by atoms with Crippen molar-refractivity contribution in [3.8, 4) is 5.75 Å². The number of carbonyl (C=O) groups is 2. The van der Waals surface area contributed by atoms with Crippen LogP contribution in [0.3, 0.4) is 0 Å². The number of carbonyl (C=O) groups excluding carboxylic acids is 2. The molecule has 0 radical (unpaired) electrons. The smallest absolute Gasteiger partial charge is 0.338 e. The van der Waals surface area contributed by atoms with Crippen molar-refractivity contribution in [2.45, 2.75) is 0 Å². The van der Waals surface area contributed by atoms with Gasteiger partial charge in [-0.3, -0.25) is 9.78 Å². The van der Waals surface area contributed by atoms with Crippen LogP contribution in [-0.4, -0.2) is 37.1 Å². The lowest BCUT2D eigenvalue weighted by Gasteiger charge is -2.07. The van der Waals surface area contributed by atoms with E-state index in [0.717, 1.165) is 0 Å². The lowest BCUT2D eigenvalue weighted by Crippen LogP contribution is -2.28. The summed E-state index contributed by atoms with van der Waals surface area (Å²) in [5.41, 5.74) is 0.861. The van der Waals surface area contributed by atoms with Crippen LogP contribution in [0.4, 0.5) is 0 Å². The Balaban J connectivity index is 0.00000264. The van der Waals surface area contributed by atoms with Gasteiger partial charge in [0.2, 0.25) is 0 Å². The SMILES string of the molecule is COc1cccc(C(=O)OCCNC(=O)c2cccnc2)c1.Cl. The Hall–Kier alpha value is -2.60. The van der Waals surface area contributed by atoms with E-state index in [2.05, 4.69) is 10.3 Å². The van der Waals surface area contributed by atoms with Gasteiger partial charge in [-0.05, 0) is 30.3 Å². The summed E-state index contributed by atoms with van der Waals surface area (Å²) in [6.07, 6.45) is 3.06. The summed E-state index contributed by atoms with van der Waals surface area (Å²) >= 11 is 0. The van der Waals surface area contributed by atoms with Gasteiger partial charge in [0.25, 0.3) is 5.91 Å². The fraction of sp³-hybridized carbons (Fsp3) is 0.188. The Morgan fingerprint density at radius 3 is 2.65 bits per heavy atom. The molecule has 0 aliphatic heterocycles. The minimum atomic E-state index is -0.463. The van der Waals surface area contributed by atoms with Gasteiger partial charge < -0.3 is 14.8 Å². The van der Waals surface area contributed by atoms with E-state index in [1.807, 2.05) is 0 Å². The van der Waals surface area contributed by atoms with Gasteiger partial charge in [0, 0.05) is 12.4 Å². The second-order valence-corrected chi connectivity index (χ2v) is 4.37. The summed E-state index contributed by atoms with van der Waals surface area (Å²) in [7, 11) is 1.53. The van der Waals surface area contributed by atoms with Crippen LogP contribution in [0.1, 0.15) is 20.7 Å². The van der Waals surface area contributed by atoms with E-state index in [0.29, 0.717) is 16.9 Å². The van der Waals surface area contributed by atoms with Crippen LogP contribution in [0.2, 0.25) is 0 Å². The van der Waals surface area contributed by atoms with Crippen molar-refractivity contribution in [2.24, 2.45) is 0 Å². The average molecular weight is 337 g/mol. The van der Waals surface area contributed by atoms with Gasteiger partial charge in [0.1, 0.15) is 12.4 Å². The van der Waals surface area contributed by atoms with Crippen LogP contribution in [-0.2, 0) is 4.74 Å². The van der Waals surface area contributed by atoms with Crippen molar-refractivity contribution < 1.29 is 19.1 Å². The number of methoxy groups -OCH3 is 1. The first-order chi connectivity index (χ1) is 10.7. The molecule has 0 aliphatic carbocycles.